The minimum absolute atomic E-state index is 0.119. The lowest BCUT2D eigenvalue weighted by Gasteiger charge is -2.34. The summed E-state index contributed by atoms with van der Waals surface area (Å²) in [7, 11) is 0. The summed E-state index contributed by atoms with van der Waals surface area (Å²) in [6.45, 7) is 4.74. The third-order valence-corrected chi connectivity index (χ3v) is 17.6. The van der Waals surface area contributed by atoms with Gasteiger partial charge in [0.25, 0.3) is 0 Å². The van der Waals surface area contributed by atoms with Crippen molar-refractivity contribution < 1.29 is 0 Å². The summed E-state index contributed by atoms with van der Waals surface area (Å²) in [6.07, 6.45) is 0. The highest BCUT2D eigenvalue weighted by atomic mass is 15.1. The first-order chi connectivity index (χ1) is 39.9. The number of fused-ring (bicyclic) bond motifs is 7. The second-order valence-corrected chi connectivity index (χ2v) is 22.4. The van der Waals surface area contributed by atoms with Crippen LogP contribution >= 0.6 is 0 Å². The molecule has 13 aromatic carbocycles. The molecule has 0 spiro atoms. The van der Waals surface area contributed by atoms with E-state index < -0.39 is 5.41 Å². The predicted octanol–water partition coefficient (Wildman–Crippen LogP) is 21.3. The Balaban J connectivity index is 0.795. The van der Waals surface area contributed by atoms with Crippen molar-refractivity contribution in [3.8, 4) is 77.9 Å². The van der Waals surface area contributed by atoms with Gasteiger partial charge in [0.05, 0.1) is 5.41 Å². The summed E-state index contributed by atoms with van der Waals surface area (Å²) in [4.78, 5) is 2.40. The highest BCUT2D eigenvalue weighted by Gasteiger charge is 2.47. The first-order valence-electron chi connectivity index (χ1n) is 28.3. The Morgan fingerprint density at radius 1 is 0.247 bits per heavy atom. The fraction of sp³-hybridized carbons (Fsp3) is 0.0500. The van der Waals surface area contributed by atoms with Gasteiger partial charge in [0.15, 0.2) is 0 Å². The van der Waals surface area contributed by atoms with E-state index in [9.17, 15) is 0 Å². The molecular weight excluding hydrogens is 975 g/mol. The zero-order valence-electron chi connectivity index (χ0n) is 45.4. The second-order valence-electron chi connectivity index (χ2n) is 22.4. The van der Waals surface area contributed by atoms with Gasteiger partial charge in [-0.1, -0.05) is 275 Å². The van der Waals surface area contributed by atoms with Crippen molar-refractivity contribution in [3.05, 3.63) is 343 Å². The van der Waals surface area contributed by atoms with E-state index in [2.05, 4.69) is 328 Å². The summed E-state index contributed by atoms with van der Waals surface area (Å²) >= 11 is 0. The molecule has 0 unspecified atom stereocenters. The molecule has 0 saturated heterocycles. The summed E-state index contributed by atoms with van der Waals surface area (Å²) in [5, 5.41) is 2.51. The molecule has 81 heavy (non-hydrogen) atoms. The van der Waals surface area contributed by atoms with Gasteiger partial charge in [0.1, 0.15) is 0 Å². The van der Waals surface area contributed by atoms with E-state index in [4.69, 9.17) is 0 Å². The Morgan fingerprint density at radius 3 is 1.30 bits per heavy atom. The Bertz CT molecular complexity index is 4450. The Morgan fingerprint density at radius 2 is 0.654 bits per heavy atom. The van der Waals surface area contributed by atoms with Crippen molar-refractivity contribution in [2.45, 2.75) is 24.7 Å². The molecule has 15 rings (SSSR count). The fourth-order valence-corrected chi connectivity index (χ4v) is 13.8. The van der Waals surface area contributed by atoms with Crippen LogP contribution in [0.15, 0.2) is 309 Å². The van der Waals surface area contributed by atoms with E-state index in [1.165, 1.54) is 122 Å². The molecule has 0 heterocycles. The summed E-state index contributed by atoms with van der Waals surface area (Å²) in [5.74, 6) is 0. The SMILES string of the molecule is CC1(C)c2ccccc2-c2cccc(-c3ccc(N(c4ccc(-c5ccc(-c6cccc(-c7ccc8ccccc8c7)c6)cc5)cc4)c4ccc(-c5cccc6c5-c5ccccc5C6(c5ccccc5)c5ccccc5)cc4)cc3)c21. The van der Waals surface area contributed by atoms with Crippen LogP contribution < -0.4 is 4.90 Å². The molecule has 0 fully saturated rings. The normalized spacial score (nSPS) is 13.3. The Hall–Kier alpha value is -10.1. The standard InChI is InChI=1S/C80H57N/c1-79(2)74-31-13-11-26-71(74)72-30-16-29-70(78(72)79)59-44-50-68(51-45-59)81(66-46-40-56(41-47-66)55-34-36-57(37-35-55)61-20-15-21-62(52-61)63-39-38-54-18-9-10-19-60(54)53-63)67-48-42-58(43-49-67)69-28-17-33-76-77(69)73-27-12-14-32-75(73)80(76,64-22-5-3-6-23-64)65-24-7-4-8-25-65/h3-53H,1-2H3. The monoisotopic (exact) mass is 1030 g/mol. The third kappa shape index (κ3) is 7.91. The second kappa shape index (κ2) is 19.4. The van der Waals surface area contributed by atoms with Gasteiger partial charge in [-0.2, -0.15) is 0 Å². The quantitative estimate of drug-likeness (QED) is 0.132. The maximum absolute atomic E-state index is 2.40. The number of hydrogen-bond acceptors (Lipinski definition) is 1. The van der Waals surface area contributed by atoms with Crippen LogP contribution in [0.4, 0.5) is 17.1 Å². The van der Waals surface area contributed by atoms with Crippen molar-refractivity contribution in [1.29, 1.82) is 0 Å². The molecule has 0 bridgehead atoms. The zero-order chi connectivity index (χ0) is 54.1. The molecule has 13 aromatic rings. The maximum Gasteiger partial charge on any atom is 0.0713 e. The molecule has 382 valence electrons. The number of benzene rings is 13. The van der Waals surface area contributed by atoms with Crippen LogP contribution in [0, 0.1) is 0 Å². The van der Waals surface area contributed by atoms with Gasteiger partial charge in [-0.05, 0) is 171 Å². The number of rotatable bonds is 10. The molecular formula is C80H57N. The molecule has 0 aliphatic heterocycles. The van der Waals surface area contributed by atoms with Crippen molar-refractivity contribution >= 4 is 27.8 Å². The van der Waals surface area contributed by atoms with Crippen LogP contribution in [-0.2, 0) is 10.8 Å². The smallest absolute Gasteiger partial charge is 0.0713 e. The lowest BCUT2D eigenvalue weighted by atomic mass is 9.67. The number of hydrogen-bond donors (Lipinski definition) is 0. The van der Waals surface area contributed by atoms with Crippen LogP contribution in [0.3, 0.4) is 0 Å². The topological polar surface area (TPSA) is 3.24 Å². The van der Waals surface area contributed by atoms with Crippen molar-refractivity contribution in [2.75, 3.05) is 4.90 Å². The third-order valence-electron chi connectivity index (χ3n) is 17.6. The van der Waals surface area contributed by atoms with Gasteiger partial charge >= 0.3 is 0 Å². The molecule has 0 radical (unpaired) electrons. The van der Waals surface area contributed by atoms with Gasteiger partial charge in [-0.3, -0.25) is 0 Å². The summed E-state index contributed by atoms with van der Waals surface area (Å²) in [5.41, 5.74) is 27.9. The van der Waals surface area contributed by atoms with Crippen LogP contribution in [0.1, 0.15) is 47.2 Å². The van der Waals surface area contributed by atoms with E-state index >= 15 is 0 Å². The van der Waals surface area contributed by atoms with Crippen LogP contribution in [0.2, 0.25) is 0 Å². The average Bonchev–Trinajstić information content (AvgIpc) is 2.60. The van der Waals surface area contributed by atoms with Crippen molar-refractivity contribution in [3.63, 3.8) is 0 Å². The van der Waals surface area contributed by atoms with E-state index in [0.717, 1.165) is 17.1 Å². The van der Waals surface area contributed by atoms with Crippen molar-refractivity contribution in [2.24, 2.45) is 0 Å². The lowest BCUT2D eigenvalue weighted by Crippen LogP contribution is -2.28. The lowest BCUT2D eigenvalue weighted by molar-refractivity contribution is 0.662. The van der Waals surface area contributed by atoms with Gasteiger partial charge in [0.2, 0.25) is 0 Å². The molecule has 0 N–H and O–H groups in total. The van der Waals surface area contributed by atoms with Crippen LogP contribution in [-0.4, -0.2) is 0 Å². The molecule has 0 aromatic heterocycles. The summed E-state index contributed by atoms with van der Waals surface area (Å²) in [6, 6.07) is 115. The fourth-order valence-electron chi connectivity index (χ4n) is 13.8. The molecule has 1 nitrogen and oxygen atoms in total. The molecule has 2 aliphatic carbocycles. The Kier molecular flexibility index (Phi) is 11.5. The molecule has 2 aliphatic rings. The van der Waals surface area contributed by atoms with E-state index in [0.29, 0.717) is 0 Å². The van der Waals surface area contributed by atoms with Gasteiger partial charge in [-0.25, -0.2) is 0 Å². The van der Waals surface area contributed by atoms with E-state index in [-0.39, 0.29) is 5.41 Å². The van der Waals surface area contributed by atoms with Gasteiger partial charge in [0, 0.05) is 22.5 Å². The average molecular weight is 1030 g/mol. The highest BCUT2D eigenvalue weighted by molar-refractivity contribution is 5.96. The van der Waals surface area contributed by atoms with Crippen LogP contribution in [0.5, 0.6) is 0 Å². The summed E-state index contributed by atoms with van der Waals surface area (Å²) < 4.78 is 0. The van der Waals surface area contributed by atoms with Gasteiger partial charge in [-0.15, -0.1) is 0 Å². The van der Waals surface area contributed by atoms with Crippen LogP contribution in [0.25, 0.3) is 88.7 Å². The zero-order valence-corrected chi connectivity index (χ0v) is 45.4. The predicted molar refractivity (Wildman–Crippen MR) is 341 cm³/mol. The minimum Gasteiger partial charge on any atom is -0.311 e. The van der Waals surface area contributed by atoms with Crippen molar-refractivity contribution in [1.82, 2.24) is 0 Å². The van der Waals surface area contributed by atoms with Gasteiger partial charge < -0.3 is 4.90 Å². The van der Waals surface area contributed by atoms with E-state index in [1.807, 2.05) is 0 Å². The maximum atomic E-state index is 2.40. The number of nitrogens with zero attached hydrogens (tertiary/aromatic N) is 1. The first kappa shape index (κ1) is 48.1. The molecule has 0 amide bonds. The Labute approximate surface area is 475 Å². The minimum atomic E-state index is -0.466. The molecule has 0 atom stereocenters. The highest BCUT2D eigenvalue weighted by Crippen LogP contribution is 2.59. The largest absolute Gasteiger partial charge is 0.311 e. The molecule has 1 heteroatoms. The first-order valence-corrected chi connectivity index (χ1v) is 28.3. The molecule has 0 saturated carbocycles. The number of anilines is 3. The van der Waals surface area contributed by atoms with E-state index in [1.54, 1.807) is 0 Å².